The Hall–Kier alpha value is -1.45. The normalized spacial score (nSPS) is 10.1. The highest BCUT2D eigenvalue weighted by Crippen LogP contribution is 2.18. The summed E-state index contributed by atoms with van der Waals surface area (Å²) in [7, 11) is 0. The van der Waals surface area contributed by atoms with Crippen LogP contribution < -0.4 is 0 Å². The molecule has 0 amide bonds. The molecule has 0 saturated heterocycles. The molecule has 2 nitrogen and oxygen atoms in total. The van der Waals surface area contributed by atoms with Crippen LogP contribution in [-0.4, -0.2) is 11.9 Å². The molecule has 0 bridgehead atoms. The van der Waals surface area contributed by atoms with Crippen LogP contribution in [0.15, 0.2) is 59.5 Å². The smallest absolute Gasteiger partial charge is 0.338 e. The lowest BCUT2D eigenvalue weighted by Crippen LogP contribution is -2.04. The molecule has 0 aliphatic carbocycles. The van der Waals surface area contributed by atoms with Crippen molar-refractivity contribution >= 4 is 29.3 Å². The van der Waals surface area contributed by atoms with Gasteiger partial charge in [-0.15, -0.1) is 0 Å². The van der Waals surface area contributed by atoms with E-state index in [1.165, 1.54) is 11.8 Å². The van der Waals surface area contributed by atoms with Gasteiger partial charge in [-0.1, -0.05) is 41.6 Å². The zero-order valence-corrected chi connectivity index (χ0v) is 11.1. The number of thioether (sulfide) groups is 1. The third kappa shape index (κ3) is 3.79. The first-order chi connectivity index (χ1) is 8.75. The zero-order valence-electron chi connectivity index (χ0n) is 9.51. The molecule has 0 unspecified atom stereocenters. The van der Waals surface area contributed by atoms with Gasteiger partial charge in [0, 0.05) is 9.92 Å². The summed E-state index contributed by atoms with van der Waals surface area (Å²) in [4.78, 5) is 12.7. The minimum atomic E-state index is -0.338. The van der Waals surface area contributed by atoms with Crippen LogP contribution >= 0.6 is 23.4 Å². The zero-order chi connectivity index (χ0) is 12.8. The molecule has 0 spiro atoms. The Labute approximate surface area is 115 Å². The van der Waals surface area contributed by atoms with Crippen LogP contribution in [0.5, 0.6) is 0 Å². The largest absolute Gasteiger partial charge is 0.451 e. The molecule has 0 radical (unpaired) electrons. The molecule has 0 saturated carbocycles. The third-order valence-corrected chi connectivity index (χ3v) is 3.33. The molecule has 18 heavy (non-hydrogen) atoms. The van der Waals surface area contributed by atoms with Crippen molar-refractivity contribution in [3.05, 3.63) is 65.2 Å². The summed E-state index contributed by atoms with van der Waals surface area (Å²) >= 11 is 7.22. The first-order valence-electron chi connectivity index (χ1n) is 5.36. The van der Waals surface area contributed by atoms with Gasteiger partial charge in [0.25, 0.3) is 0 Å². The van der Waals surface area contributed by atoms with Crippen molar-refractivity contribution in [2.75, 3.05) is 5.94 Å². The lowest BCUT2D eigenvalue weighted by atomic mass is 10.2. The van der Waals surface area contributed by atoms with Crippen molar-refractivity contribution in [1.82, 2.24) is 0 Å². The lowest BCUT2D eigenvalue weighted by Gasteiger charge is -2.04. The second-order valence-electron chi connectivity index (χ2n) is 3.51. The van der Waals surface area contributed by atoms with Gasteiger partial charge in [0.15, 0.2) is 0 Å². The molecule has 4 heteroatoms. The first kappa shape index (κ1) is 13.0. The molecule has 0 fully saturated rings. The van der Waals surface area contributed by atoms with Crippen LogP contribution in [-0.2, 0) is 4.74 Å². The molecule has 0 aliphatic heterocycles. The Bertz CT molecular complexity index is 511. The van der Waals surface area contributed by atoms with Crippen molar-refractivity contribution in [3.8, 4) is 0 Å². The van der Waals surface area contributed by atoms with Crippen LogP contribution in [0.3, 0.4) is 0 Å². The Morgan fingerprint density at radius 3 is 2.39 bits per heavy atom. The van der Waals surface area contributed by atoms with Crippen molar-refractivity contribution in [2.24, 2.45) is 0 Å². The number of carbonyl (C=O) groups is 1. The minimum Gasteiger partial charge on any atom is -0.451 e. The van der Waals surface area contributed by atoms with Crippen LogP contribution in [0.25, 0.3) is 0 Å². The molecular weight excluding hydrogens is 268 g/mol. The van der Waals surface area contributed by atoms with Gasteiger partial charge >= 0.3 is 5.97 Å². The van der Waals surface area contributed by atoms with Gasteiger partial charge in [0.2, 0.25) is 0 Å². The fraction of sp³-hybridized carbons (Fsp3) is 0.0714. The molecule has 2 aromatic carbocycles. The highest BCUT2D eigenvalue weighted by molar-refractivity contribution is 7.99. The van der Waals surface area contributed by atoms with E-state index in [4.69, 9.17) is 16.3 Å². The van der Waals surface area contributed by atoms with E-state index in [1.54, 1.807) is 24.3 Å². The summed E-state index contributed by atoms with van der Waals surface area (Å²) < 4.78 is 5.15. The molecule has 0 aromatic heterocycles. The molecule has 2 rings (SSSR count). The van der Waals surface area contributed by atoms with Gasteiger partial charge in [-0.2, -0.15) is 0 Å². The average molecular weight is 279 g/mol. The van der Waals surface area contributed by atoms with Crippen LogP contribution in [0, 0.1) is 0 Å². The fourth-order valence-electron chi connectivity index (χ4n) is 1.34. The SMILES string of the molecule is O=C(OCSc1ccccc1)c1ccc(Cl)cc1. The number of esters is 1. The summed E-state index contributed by atoms with van der Waals surface area (Å²) in [5.74, 6) is -0.0408. The number of hydrogen-bond donors (Lipinski definition) is 0. The second-order valence-corrected chi connectivity index (χ2v) is 4.95. The lowest BCUT2D eigenvalue weighted by molar-refractivity contribution is 0.0579. The number of ether oxygens (including phenoxy) is 1. The number of hydrogen-bond acceptors (Lipinski definition) is 3. The van der Waals surface area contributed by atoms with Gasteiger partial charge < -0.3 is 4.74 Å². The van der Waals surface area contributed by atoms with Crippen molar-refractivity contribution in [1.29, 1.82) is 0 Å². The summed E-state index contributed by atoms with van der Waals surface area (Å²) in [5.41, 5.74) is 0.507. The second kappa shape index (κ2) is 6.47. The number of rotatable bonds is 4. The minimum absolute atomic E-state index is 0.297. The van der Waals surface area contributed by atoms with E-state index >= 15 is 0 Å². The predicted molar refractivity (Wildman–Crippen MR) is 74.0 cm³/mol. The summed E-state index contributed by atoms with van der Waals surface area (Å²) in [6.07, 6.45) is 0. The summed E-state index contributed by atoms with van der Waals surface area (Å²) in [6, 6.07) is 16.4. The maximum Gasteiger partial charge on any atom is 0.338 e. The van der Waals surface area contributed by atoms with Crippen LogP contribution in [0.4, 0.5) is 0 Å². The fourth-order valence-corrected chi connectivity index (χ4v) is 2.11. The standard InChI is InChI=1S/C14H11ClO2S/c15-12-8-6-11(7-9-12)14(16)17-10-18-13-4-2-1-3-5-13/h1-9H,10H2. The van der Waals surface area contributed by atoms with E-state index in [2.05, 4.69) is 0 Å². The molecule has 2 aromatic rings. The van der Waals surface area contributed by atoms with E-state index < -0.39 is 0 Å². The van der Waals surface area contributed by atoms with E-state index in [1.807, 2.05) is 30.3 Å². The van der Waals surface area contributed by atoms with Gasteiger partial charge in [-0.3, -0.25) is 0 Å². The third-order valence-electron chi connectivity index (χ3n) is 2.24. The van der Waals surface area contributed by atoms with Crippen molar-refractivity contribution in [3.63, 3.8) is 0 Å². The number of halogens is 1. The Kier molecular flexibility index (Phi) is 4.67. The van der Waals surface area contributed by atoms with E-state index in [0.29, 0.717) is 16.5 Å². The first-order valence-corrected chi connectivity index (χ1v) is 6.72. The Balaban J connectivity index is 1.84. The molecule has 0 N–H and O–H groups in total. The topological polar surface area (TPSA) is 26.3 Å². The van der Waals surface area contributed by atoms with E-state index in [0.717, 1.165) is 4.90 Å². The van der Waals surface area contributed by atoms with Gasteiger partial charge in [0.05, 0.1) is 5.56 Å². The number of carbonyl (C=O) groups excluding carboxylic acids is 1. The van der Waals surface area contributed by atoms with Crippen LogP contribution in [0.2, 0.25) is 5.02 Å². The Morgan fingerprint density at radius 1 is 1.06 bits per heavy atom. The predicted octanol–water partition coefficient (Wildman–Crippen LogP) is 4.25. The van der Waals surface area contributed by atoms with Crippen molar-refractivity contribution in [2.45, 2.75) is 4.90 Å². The highest BCUT2D eigenvalue weighted by Gasteiger charge is 2.06. The molecule has 92 valence electrons. The van der Waals surface area contributed by atoms with Gasteiger partial charge in [0.1, 0.15) is 5.94 Å². The summed E-state index contributed by atoms with van der Waals surface area (Å²) in [6.45, 7) is 0. The van der Waals surface area contributed by atoms with Gasteiger partial charge in [-0.05, 0) is 36.4 Å². The molecule has 0 atom stereocenters. The van der Waals surface area contributed by atoms with Crippen molar-refractivity contribution < 1.29 is 9.53 Å². The average Bonchev–Trinajstić information content (AvgIpc) is 2.40. The quantitative estimate of drug-likeness (QED) is 0.475. The monoisotopic (exact) mass is 278 g/mol. The van der Waals surface area contributed by atoms with Crippen LogP contribution in [0.1, 0.15) is 10.4 Å². The number of benzene rings is 2. The van der Waals surface area contributed by atoms with E-state index in [9.17, 15) is 4.79 Å². The van der Waals surface area contributed by atoms with Gasteiger partial charge in [-0.25, -0.2) is 4.79 Å². The Morgan fingerprint density at radius 2 is 1.72 bits per heavy atom. The molecule has 0 heterocycles. The maximum absolute atomic E-state index is 11.7. The maximum atomic E-state index is 11.7. The molecule has 0 aliphatic rings. The van der Waals surface area contributed by atoms with E-state index in [-0.39, 0.29) is 5.97 Å². The highest BCUT2D eigenvalue weighted by atomic mass is 35.5. The molecular formula is C14H11ClO2S. The summed E-state index contributed by atoms with van der Waals surface area (Å²) in [5, 5.41) is 0.602.